The number of nitrogens with one attached hydrogen (secondary N) is 1. The molecule has 2 aromatic rings. The summed E-state index contributed by atoms with van der Waals surface area (Å²) in [5, 5.41) is 2.98. The van der Waals surface area contributed by atoms with Gasteiger partial charge in [0.1, 0.15) is 11.0 Å². The van der Waals surface area contributed by atoms with Gasteiger partial charge in [-0.15, -0.1) is 0 Å². The van der Waals surface area contributed by atoms with Crippen LogP contribution in [0.2, 0.25) is 5.15 Å². The lowest BCUT2D eigenvalue weighted by molar-refractivity contribution is 0.0950. The second-order valence-corrected chi connectivity index (χ2v) is 5.08. The van der Waals surface area contributed by atoms with Crippen LogP contribution in [0.1, 0.15) is 35.0 Å². The van der Waals surface area contributed by atoms with E-state index in [-0.39, 0.29) is 23.4 Å². The van der Waals surface area contributed by atoms with Gasteiger partial charge in [0.25, 0.3) is 5.91 Å². The highest BCUT2D eigenvalue weighted by molar-refractivity contribution is 6.29. The SMILES string of the molecule is CCCc1cc(C(=O)NCc2ccccc2F)cc(Cl)n1. The van der Waals surface area contributed by atoms with Gasteiger partial charge in [0.15, 0.2) is 0 Å². The van der Waals surface area contributed by atoms with Gasteiger partial charge >= 0.3 is 0 Å². The minimum atomic E-state index is -0.336. The molecule has 0 saturated heterocycles. The molecule has 1 amide bonds. The second kappa shape index (κ2) is 7.18. The Labute approximate surface area is 128 Å². The molecule has 0 atom stereocenters. The zero-order valence-electron chi connectivity index (χ0n) is 11.7. The first-order chi connectivity index (χ1) is 10.1. The molecule has 1 N–H and O–H groups in total. The number of amides is 1. The van der Waals surface area contributed by atoms with Crippen LogP contribution in [-0.4, -0.2) is 10.9 Å². The van der Waals surface area contributed by atoms with Gasteiger partial charge in [0, 0.05) is 23.4 Å². The van der Waals surface area contributed by atoms with Crippen molar-refractivity contribution in [3.05, 3.63) is 64.2 Å². The molecule has 0 bridgehead atoms. The van der Waals surface area contributed by atoms with Crippen LogP contribution in [0.4, 0.5) is 4.39 Å². The molecule has 0 fully saturated rings. The van der Waals surface area contributed by atoms with Crippen LogP contribution in [0.5, 0.6) is 0 Å². The van der Waals surface area contributed by atoms with Crippen molar-refractivity contribution in [3.63, 3.8) is 0 Å². The first-order valence-electron chi connectivity index (χ1n) is 6.78. The fourth-order valence-electron chi connectivity index (χ4n) is 1.99. The summed E-state index contributed by atoms with van der Waals surface area (Å²) in [6.07, 6.45) is 1.68. The molecule has 0 aliphatic carbocycles. The first kappa shape index (κ1) is 15.4. The number of carbonyl (C=O) groups excluding carboxylic acids is 1. The summed E-state index contributed by atoms with van der Waals surface area (Å²) >= 11 is 5.92. The number of hydrogen-bond donors (Lipinski definition) is 1. The smallest absolute Gasteiger partial charge is 0.251 e. The highest BCUT2D eigenvalue weighted by atomic mass is 35.5. The van der Waals surface area contributed by atoms with Gasteiger partial charge in [-0.3, -0.25) is 4.79 Å². The standard InChI is InChI=1S/C16H16ClFN2O/c1-2-5-13-8-12(9-15(17)20-13)16(21)19-10-11-6-3-4-7-14(11)18/h3-4,6-9H,2,5,10H2,1H3,(H,19,21). The summed E-state index contributed by atoms with van der Waals surface area (Å²) in [6.45, 7) is 2.16. The Morgan fingerprint density at radius 3 is 2.81 bits per heavy atom. The van der Waals surface area contributed by atoms with Crippen LogP contribution in [0, 0.1) is 5.82 Å². The quantitative estimate of drug-likeness (QED) is 0.855. The molecule has 0 radical (unpaired) electrons. The predicted octanol–water partition coefficient (Wildman–Crippen LogP) is 3.76. The molecule has 110 valence electrons. The molecule has 0 saturated carbocycles. The van der Waals surface area contributed by atoms with Crippen molar-refractivity contribution >= 4 is 17.5 Å². The number of aromatic nitrogens is 1. The van der Waals surface area contributed by atoms with Gasteiger partial charge in [-0.25, -0.2) is 9.37 Å². The van der Waals surface area contributed by atoms with E-state index in [4.69, 9.17) is 11.6 Å². The molecule has 21 heavy (non-hydrogen) atoms. The van der Waals surface area contributed by atoms with Crippen molar-refractivity contribution in [2.45, 2.75) is 26.3 Å². The van der Waals surface area contributed by atoms with E-state index in [1.165, 1.54) is 12.1 Å². The van der Waals surface area contributed by atoms with Gasteiger partial charge in [0.2, 0.25) is 0 Å². The molecule has 1 aromatic carbocycles. The Balaban J connectivity index is 2.08. The van der Waals surface area contributed by atoms with Crippen LogP contribution >= 0.6 is 11.6 Å². The third-order valence-corrected chi connectivity index (χ3v) is 3.21. The number of benzene rings is 1. The number of carbonyl (C=O) groups is 1. The van der Waals surface area contributed by atoms with Crippen molar-refractivity contribution < 1.29 is 9.18 Å². The fourth-order valence-corrected chi connectivity index (χ4v) is 2.21. The van der Waals surface area contributed by atoms with Gasteiger partial charge < -0.3 is 5.32 Å². The molecule has 0 unspecified atom stereocenters. The molecule has 0 spiro atoms. The highest BCUT2D eigenvalue weighted by Crippen LogP contribution is 2.13. The van der Waals surface area contributed by atoms with Gasteiger partial charge in [-0.05, 0) is 24.6 Å². The number of nitrogens with zero attached hydrogens (tertiary/aromatic N) is 1. The molecule has 5 heteroatoms. The predicted molar refractivity (Wildman–Crippen MR) is 80.8 cm³/mol. The lowest BCUT2D eigenvalue weighted by Gasteiger charge is -2.08. The monoisotopic (exact) mass is 306 g/mol. The maximum Gasteiger partial charge on any atom is 0.251 e. The second-order valence-electron chi connectivity index (χ2n) is 4.69. The maximum atomic E-state index is 13.5. The Bertz CT molecular complexity index is 646. The lowest BCUT2D eigenvalue weighted by Crippen LogP contribution is -2.23. The van der Waals surface area contributed by atoms with E-state index in [1.54, 1.807) is 24.3 Å². The Hall–Kier alpha value is -1.94. The summed E-state index contributed by atoms with van der Waals surface area (Å²) in [7, 11) is 0. The molecule has 1 aromatic heterocycles. The summed E-state index contributed by atoms with van der Waals surface area (Å²) in [5.74, 6) is -0.628. The van der Waals surface area contributed by atoms with Crippen LogP contribution in [0.15, 0.2) is 36.4 Å². The summed E-state index contributed by atoms with van der Waals surface area (Å²) < 4.78 is 13.5. The molecular weight excluding hydrogens is 291 g/mol. The highest BCUT2D eigenvalue weighted by Gasteiger charge is 2.10. The average molecular weight is 307 g/mol. The number of halogens is 2. The van der Waals surface area contributed by atoms with Crippen molar-refractivity contribution in [2.75, 3.05) is 0 Å². The van der Waals surface area contributed by atoms with Gasteiger partial charge in [-0.1, -0.05) is 43.1 Å². The van der Waals surface area contributed by atoms with E-state index in [0.717, 1.165) is 18.5 Å². The van der Waals surface area contributed by atoms with Crippen LogP contribution in [0.3, 0.4) is 0 Å². The lowest BCUT2D eigenvalue weighted by atomic mass is 10.1. The van der Waals surface area contributed by atoms with E-state index < -0.39 is 0 Å². The Morgan fingerprint density at radius 2 is 2.10 bits per heavy atom. The fraction of sp³-hybridized carbons (Fsp3) is 0.250. The van der Waals surface area contributed by atoms with Crippen LogP contribution < -0.4 is 5.32 Å². The van der Waals surface area contributed by atoms with E-state index in [9.17, 15) is 9.18 Å². The summed E-state index contributed by atoms with van der Waals surface area (Å²) in [5.41, 5.74) is 1.66. The van der Waals surface area contributed by atoms with Gasteiger partial charge in [-0.2, -0.15) is 0 Å². The average Bonchev–Trinajstić information content (AvgIpc) is 2.46. The zero-order valence-corrected chi connectivity index (χ0v) is 12.5. The van der Waals surface area contributed by atoms with E-state index >= 15 is 0 Å². The van der Waals surface area contributed by atoms with Crippen molar-refractivity contribution in [1.29, 1.82) is 0 Å². The molecule has 1 heterocycles. The minimum Gasteiger partial charge on any atom is -0.348 e. The van der Waals surface area contributed by atoms with Crippen molar-refractivity contribution in [1.82, 2.24) is 10.3 Å². The summed E-state index contributed by atoms with van der Waals surface area (Å²) in [6, 6.07) is 9.57. The first-order valence-corrected chi connectivity index (χ1v) is 7.16. The molecular formula is C16H16ClFN2O. The number of rotatable bonds is 5. The zero-order chi connectivity index (χ0) is 15.2. The summed E-state index contributed by atoms with van der Waals surface area (Å²) in [4.78, 5) is 16.3. The largest absolute Gasteiger partial charge is 0.348 e. The van der Waals surface area contributed by atoms with E-state index in [0.29, 0.717) is 11.1 Å². The van der Waals surface area contributed by atoms with E-state index in [1.807, 2.05) is 6.92 Å². The molecule has 3 nitrogen and oxygen atoms in total. The van der Waals surface area contributed by atoms with Crippen molar-refractivity contribution in [2.24, 2.45) is 0 Å². The van der Waals surface area contributed by atoms with Crippen molar-refractivity contribution in [3.8, 4) is 0 Å². The maximum absolute atomic E-state index is 13.5. The van der Waals surface area contributed by atoms with E-state index in [2.05, 4.69) is 10.3 Å². The molecule has 2 rings (SSSR count). The van der Waals surface area contributed by atoms with Crippen LogP contribution in [0.25, 0.3) is 0 Å². The number of aryl methyl sites for hydroxylation is 1. The third-order valence-electron chi connectivity index (χ3n) is 3.01. The Morgan fingerprint density at radius 1 is 1.33 bits per heavy atom. The van der Waals surface area contributed by atoms with Gasteiger partial charge in [0.05, 0.1) is 0 Å². The number of pyridine rings is 1. The normalized spacial score (nSPS) is 10.4. The van der Waals surface area contributed by atoms with Crippen LogP contribution in [-0.2, 0) is 13.0 Å². The minimum absolute atomic E-state index is 0.133. The molecule has 0 aliphatic heterocycles. The Kier molecular flexibility index (Phi) is 5.28. The number of hydrogen-bond acceptors (Lipinski definition) is 2. The third kappa shape index (κ3) is 4.26. The topological polar surface area (TPSA) is 42.0 Å². The molecule has 0 aliphatic rings.